The molecule has 3 aromatic carbocycles. The van der Waals surface area contributed by atoms with Gasteiger partial charge in [0, 0.05) is 58.8 Å². The highest BCUT2D eigenvalue weighted by Gasteiger charge is 2.56. The number of aliphatic carboxylic acids is 1. The quantitative estimate of drug-likeness (QED) is 0.0261. The molecule has 0 saturated heterocycles. The van der Waals surface area contributed by atoms with Crippen LogP contribution in [0.25, 0.3) is 22.4 Å². The fraction of sp³-hybridized carbons (Fsp3) is 0.448. The number of unbranched alkanes of at least 4 members (excludes halogenated alkanes) is 4. The molecule has 0 amide bonds. The van der Waals surface area contributed by atoms with E-state index < -0.39 is 29.5 Å². The van der Waals surface area contributed by atoms with Crippen LogP contribution in [0.3, 0.4) is 0 Å². The highest BCUT2D eigenvalue weighted by Crippen LogP contribution is 2.54. The number of aromatic amines is 1. The Kier molecular flexibility index (Phi) is 15.9. The molecule has 3 aliphatic rings. The van der Waals surface area contributed by atoms with E-state index >= 15 is 0 Å². The van der Waals surface area contributed by atoms with Crippen LogP contribution < -0.4 is 5.73 Å². The lowest BCUT2D eigenvalue weighted by molar-refractivity contribution is -0.148. The van der Waals surface area contributed by atoms with Gasteiger partial charge in [-0.25, -0.2) is 4.98 Å². The van der Waals surface area contributed by atoms with E-state index in [1.165, 1.54) is 25.3 Å². The average Bonchev–Trinajstić information content (AvgIpc) is 3.86. The van der Waals surface area contributed by atoms with Gasteiger partial charge >= 0.3 is 5.97 Å². The summed E-state index contributed by atoms with van der Waals surface area (Å²) < 4.78 is 0. The van der Waals surface area contributed by atoms with Gasteiger partial charge < -0.3 is 41.4 Å². The van der Waals surface area contributed by atoms with Gasteiger partial charge in [-0.15, -0.1) is 0 Å². The number of anilines is 1. The summed E-state index contributed by atoms with van der Waals surface area (Å²) in [5.74, 6) is -2.16. The highest BCUT2D eigenvalue weighted by atomic mass is 16.4. The van der Waals surface area contributed by atoms with Crippen molar-refractivity contribution in [2.45, 2.75) is 121 Å². The smallest absolute Gasteiger partial charge is 0.309 e. The molecule has 0 aliphatic heterocycles. The minimum absolute atomic E-state index is 0.00685. The largest absolute Gasteiger partial charge is 0.508 e. The molecule has 2 aromatic heterocycles. The number of nitrogens with two attached hydrogens (primary N) is 1. The number of aromatic nitrogens is 2. The van der Waals surface area contributed by atoms with Crippen molar-refractivity contribution in [3.05, 3.63) is 144 Å². The van der Waals surface area contributed by atoms with Crippen molar-refractivity contribution in [1.82, 2.24) is 9.97 Å². The van der Waals surface area contributed by atoms with Crippen molar-refractivity contribution in [3.8, 4) is 33.9 Å². The molecule has 2 heterocycles. The lowest BCUT2D eigenvalue weighted by Crippen LogP contribution is -2.48. The molecule has 10 atom stereocenters. The Morgan fingerprint density at radius 1 is 0.838 bits per heavy atom. The topological polar surface area (TPSA) is 193 Å². The number of hydrogen-bond donors (Lipinski definition) is 8. The van der Waals surface area contributed by atoms with Crippen LogP contribution in [0, 0.1) is 41.4 Å². The average molecular weight is 922 g/mol. The Hall–Kier alpha value is -5.68. The van der Waals surface area contributed by atoms with Gasteiger partial charge in [0.2, 0.25) is 0 Å². The lowest BCUT2D eigenvalue weighted by atomic mass is 9.68. The predicted molar refractivity (Wildman–Crippen MR) is 269 cm³/mol. The number of aliphatic hydroxyl groups is 3. The normalized spacial score (nSPS) is 25.3. The number of allylic oxidation sites excluding steroid dienone is 1. The van der Waals surface area contributed by atoms with Crippen molar-refractivity contribution < 1.29 is 35.4 Å². The maximum Gasteiger partial charge on any atom is 0.309 e. The van der Waals surface area contributed by atoms with Crippen molar-refractivity contribution in [2.75, 3.05) is 5.73 Å². The zero-order valence-corrected chi connectivity index (χ0v) is 39.5. The molecule has 360 valence electrons. The Morgan fingerprint density at radius 2 is 1.60 bits per heavy atom. The van der Waals surface area contributed by atoms with Crippen LogP contribution >= 0.6 is 0 Å². The summed E-state index contributed by atoms with van der Waals surface area (Å²) in [6.07, 6.45) is 20.1. The van der Waals surface area contributed by atoms with Crippen molar-refractivity contribution in [2.24, 2.45) is 41.4 Å². The van der Waals surface area contributed by atoms with Crippen molar-refractivity contribution >= 4 is 11.8 Å². The summed E-state index contributed by atoms with van der Waals surface area (Å²) in [6.45, 7) is 2.20. The van der Waals surface area contributed by atoms with Gasteiger partial charge in [0.05, 0.1) is 29.4 Å². The molecule has 5 aromatic rings. The number of benzene rings is 3. The zero-order valence-electron chi connectivity index (χ0n) is 39.5. The first-order chi connectivity index (χ1) is 32.9. The fourth-order valence-corrected chi connectivity index (χ4v) is 12.0. The van der Waals surface area contributed by atoms with E-state index in [9.17, 15) is 35.4 Å². The summed E-state index contributed by atoms with van der Waals surface area (Å²) in [5, 5.41) is 68.8. The standard InChI is InChI=1S/C58H71N3O7/c1-2-3-7-14-38-21-22-41(52(63)29-38)19-12-6-13-20-47(57(66)67)56(65)42-23-24-51-43(27-39-25-26-60-54(59)30-39)31-44(58(51,68)36-42)32-45-33-48(40-17-10-5-11-18-40)55(61-45)50-34-46(62)35-53(64)49(50)28-37-15-8-4-9-16-37/h4-5,8-11,15-18,21-26,30,33-35,38,41-44,47,51-52,56,61-65,68H,2-3,6-7,12-14,19-20,27-29,31-32,36H2,1H3,(H2,59,60)(H,66,67)/t38-,41-,42-,43+,44+,47+,51+,52-,56-,58+/m1/s1. The second-order valence-electron chi connectivity index (χ2n) is 20.2. The third kappa shape index (κ3) is 11.4. The number of carboxylic acids is 1. The summed E-state index contributed by atoms with van der Waals surface area (Å²) in [4.78, 5) is 20.8. The monoisotopic (exact) mass is 922 g/mol. The summed E-state index contributed by atoms with van der Waals surface area (Å²) >= 11 is 0. The van der Waals surface area contributed by atoms with Gasteiger partial charge in [0.25, 0.3) is 0 Å². The zero-order chi connectivity index (χ0) is 47.8. The third-order valence-electron chi connectivity index (χ3n) is 15.5. The lowest BCUT2D eigenvalue weighted by Gasteiger charge is -2.42. The number of nitrogens with one attached hydrogen (secondary N) is 1. The Morgan fingerprint density at radius 3 is 2.34 bits per heavy atom. The van der Waals surface area contributed by atoms with Gasteiger partial charge in [0.1, 0.15) is 17.3 Å². The van der Waals surface area contributed by atoms with Crippen LogP contribution in [0.4, 0.5) is 5.82 Å². The first kappa shape index (κ1) is 48.8. The summed E-state index contributed by atoms with van der Waals surface area (Å²) in [5.41, 5.74) is 11.7. The Bertz CT molecular complexity index is 2500. The van der Waals surface area contributed by atoms with E-state index in [0.717, 1.165) is 65.7 Å². The molecule has 0 spiro atoms. The minimum atomic E-state index is -1.27. The number of aliphatic hydroxyl groups excluding tert-OH is 2. The summed E-state index contributed by atoms with van der Waals surface area (Å²) in [6, 6.07) is 28.9. The molecule has 1 fully saturated rings. The first-order valence-corrected chi connectivity index (χ1v) is 25.1. The first-order valence-electron chi connectivity index (χ1n) is 25.1. The van der Waals surface area contributed by atoms with Crippen molar-refractivity contribution in [3.63, 3.8) is 0 Å². The number of phenolic OH excluding ortho intramolecular Hbond substituents is 2. The number of carbonyl (C=O) groups is 1. The number of nitrogen functional groups attached to an aromatic ring is 1. The third-order valence-corrected chi connectivity index (χ3v) is 15.5. The molecule has 1 saturated carbocycles. The molecule has 10 nitrogen and oxygen atoms in total. The van der Waals surface area contributed by atoms with E-state index in [1.54, 1.807) is 12.3 Å². The van der Waals surface area contributed by atoms with Gasteiger partial charge in [-0.2, -0.15) is 0 Å². The highest BCUT2D eigenvalue weighted by molar-refractivity contribution is 5.85. The molecule has 68 heavy (non-hydrogen) atoms. The second kappa shape index (κ2) is 22.2. The number of fused-ring (bicyclic) bond motifs is 1. The van der Waals surface area contributed by atoms with E-state index in [-0.39, 0.29) is 47.7 Å². The number of phenols is 2. The number of H-pyrrole nitrogens is 1. The molecule has 0 unspecified atom stereocenters. The minimum Gasteiger partial charge on any atom is -0.508 e. The predicted octanol–water partition coefficient (Wildman–Crippen LogP) is 10.8. The molecular formula is C58H71N3O7. The van der Waals surface area contributed by atoms with Gasteiger partial charge in [-0.3, -0.25) is 4.79 Å². The van der Waals surface area contributed by atoms with Gasteiger partial charge in [0.15, 0.2) is 0 Å². The molecule has 3 aliphatic carbocycles. The second-order valence-corrected chi connectivity index (χ2v) is 20.2. The van der Waals surface area contributed by atoms with E-state index in [4.69, 9.17) is 5.73 Å². The number of aromatic hydroxyl groups is 2. The van der Waals surface area contributed by atoms with Crippen LogP contribution in [-0.4, -0.2) is 64.4 Å². The number of pyridine rings is 1. The van der Waals surface area contributed by atoms with Crippen LogP contribution in [-0.2, 0) is 24.1 Å². The van der Waals surface area contributed by atoms with Crippen molar-refractivity contribution in [1.29, 1.82) is 0 Å². The Labute approximate surface area is 401 Å². The fourth-order valence-electron chi connectivity index (χ4n) is 12.0. The van der Waals surface area contributed by atoms with E-state index in [0.29, 0.717) is 61.4 Å². The van der Waals surface area contributed by atoms with Gasteiger partial charge in [-0.1, -0.05) is 130 Å². The molecule has 10 heteroatoms. The number of hydrogen-bond acceptors (Lipinski definition) is 8. The van der Waals surface area contributed by atoms with Gasteiger partial charge in [-0.05, 0) is 110 Å². The Balaban J connectivity index is 1.02. The molecular weight excluding hydrogens is 851 g/mol. The van der Waals surface area contributed by atoms with Crippen LogP contribution in [0.15, 0.2) is 121 Å². The number of nitrogens with zero attached hydrogens (tertiary/aromatic N) is 1. The van der Waals surface area contributed by atoms with E-state index in [2.05, 4.69) is 35.1 Å². The molecule has 0 bridgehead atoms. The maximum absolute atomic E-state index is 13.2. The summed E-state index contributed by atoms with van der Waals surface area (Å²) in [7, 11) is 0. The number of rotatable bonds is 21. The van der Waals surface area contributed by atoms with E-state index in [1.807, 2.05) is 84.9 Å². The molecule has 9 N–H and O–H groups in total. The number of carboxylic acid groups (broad SMARTS) is 1. The maximum atomic E-state index is 13.2. The molecule has 8 rings (SSSR count). The SMILES string of the molecule is CCCCC[C@@H]1C=C[C@@H](CCCCC[C@H](C(=O)O)[C@H](O)[C@@H]2C=C[C@H]3[C@@H](Cc4ccnc(N)c4)C[C@@H](Cc4cc(-c5ccccc5)c(-c5cc(O)cc(O)c5Cc5ccccc5)[nH]4)[C@@]3(O)C2)[C@H](O)C1. The van der Waals surface area contributed by atoms with Crippen LogP contribution in [0.1, 0.15) is 106 Å². The molecule has 0 radical (unpaired) electrons. The van der Waals surface area contributed by atoms with Crippen LogP contribution in [0.2, 0.25) is 0 Å². The van der Waals surface area contributed by atoms with Crippen LogP contribution in [0.5, 0.6) is 11.5 Å².